The molecule has 3 aromatic rings. The number of carbonyl (C=O) groups is 1. The van der Waals surface area contributed by atoms with E-state index in [4.69, 9.17) is 0 Å². The van der Waals surface area contributed by atoms with Crippen molar-refractivity contribution in [3.63, 3.8) is 0 Å². The lowest BCUT2D eigenvalue weighted by Gasteiger charge is -2.24. The summed E-state index contributed by atoms with van der Waals surface area (Å²) in [6, 6.07) is 15.2. The maximum Gasteiger partial charge on any atom is 0.276 e. The van der Waals surface area contributed by atoms with Gasteiger partial charge in [0.2, 0.25) is 0 Å². The van der Waals surface area contributed by atoms with Crippen molar-refractivity contribution in [1.82, 2.24) is 19.9 Å². The molecule has 2 aromatic carbocycles. The predicted molar refractivity (Wildman–Crippen MR) is 95.0 cm³/mol. The van der Waals surface area contributed by atoms with E-state index in [1.54, 1.807) is 26.1 Å². The number of nitro benzene ring substituents is 1. The quantitative estimate of drug-likeness (QED) is 0.520. The Labute approximate surface area is 149 Å². The molecule has 1 atom stereocenters. The lowest BCUT2D eigenvalue weighted by molar-refractivity contribution is -0.384. The minimum atomic E-state index is -0.455. The van der Waals surface area contributed by atoms with Crippen LogP contribution in [-0.4, -0.2) is 37.8 Å². The highest BCUT2D eigenvalue weighted by Gasteiger charge is 2.22. The van der Waals surface area contributed by atoms with E-state index in [1.165, 1.54) is 28.0 Å². The van der Waals surface area contributed by atoms with Crippen LogP contribution in [0.4, 0.5) is 5.69 Å². The average Bonchev–Trinajstić information content (AvgIpc) is 3.17. The van der Waals surface area contributed by atoms with Crippen molar-refractivity contribution < 1.29 is 9.72 Å². The molecule has 0 fully saturated rings. The molecule has 3 rings (SSSR count). The van der Waals surface area contributed by atoms with Crippen LogP contribution in [0.5, 0.6) is 0 Å². The van der Waals surface area contributed by atoms with E-state index in [0.29, 0.717) is 5.56 Å². The molecule has 8 heteroatoms. The highest BCUT2D eigenvalue weighted by Crippen LogP contribution is 2.24. The fraction of sp³-hybridized carbons (Fsp3) is 0.167. The Bertz CT molecular complexity index is 939. The number of carbonyl (C=O) groups excluding carboxylic acids is 1. The molecular formula is C18H17N5O3. The Kier molecular flexibility index (Phi) is 4.74. The normalized spacial score (nSPS) is 11.8. The smallest absolute Gasteiger partial charge is 0.276 e. The van der Waals surface area contributed by atoms with Crippen LogP contribution in [0.3, 0.4) is 0 Å². The standard InChI is InChI=1S/C18H17N5O3/c1-13(14-7-6-10-16(11-14)23(25)26)21(2)18(24)17-12-19-22(20-17)15-8-4-3-5-9-15/h3-13H,1-2H3. The molecule has 1 amide bonds. The van der Waals surface area contributed by atoms with E-state index in [9.17, 15) is 14.9 Å². The van der Waals surface area contributed by atoms with Gasteiger partial charge in [-0.3, -0.25) is 14.9 Å². The molecule has 0 saturated carbocycles. The lowest BCUT2D eigenvalue weighted by Crippen LogP contribution is -2.30. The predicted octanol–water partition coefficient (Wildman–Crippen LogP) is 3.01. The third-order valence-electron chi connectivity index (χ3n) is 4.16. The number of aromatic nitrogens is 3. The van der Waals surface area contributed by atoms with Gasteiger partial charge in [0.15, 0.2) is 5.69 Å². The number of amides is 1. The van der Waals surface area contributed by atoms with Crippen molar-refractivity contribution in [3.05, 3.63) is 82.2 Å². The summed E-state index contributed by atoms with van der Waals surface area (Å²) in [6.45, 7) is 1.80. The molecule has 26 heavy (non-hydrogen) atoms. The van der Waals surface area contributed by atoms with E-state index < -0.39 is 4.92 Å². The maximum atomic E-state index is 12.7. The summed E-state index contributed by atoms with van der Waals surface area (Å²) < 4.78 is 0. The molecule has 1 heterocycles. The third kappa shape index (κ3) is 3.44. The van der Waals surface area contributed by atoms with E-state index in [-0.39, 0.29) is 23.3 Å². The van der Waals surface area contributed by atoms with Crippen molar-refractivity contribution in [2.24, 2.45) is 0 Å². The van der Waals surface area contributed by atoms with Gasteiger partial charge in [0.25, 0.3) is 11.6 Å². The average molecular weight is 351 g/mol. The zero-order valence-corrected chi connectivity index (χ0v) is 14.3. The summed E-state index contributed by atoms with van der Waals surface area (Å²) in [6.07, 6.45) is 1.41. The Morgan fingerprint density at radius 1 is 1.19 bits per heavy atom. The number of benzene rings is 2. The fourth-order valence-corrected chi connectivity index (χ4v) is 2.53. The summed E-state index contributed by atoms with van der Waals surface area (Å²) in [5, 5.41) is 19.3. The molecule has 0 spiro atoms. The maximum absolute atomic E-state index is 12.7. The summed E-state index contributed by atoms with van der Waals surface area (Å²) in [7, 11) is 1.63. The molecule has 132 valence electrons. The second-order valence-corrected chi connectivity index (χ2v) is 5.80. The van der Waals surface area contributed by atoms with E-state index in [1.807, 2.05) is 30.3 Å². The molecule has 0 saturated heterocycles. The molecule has 0 aliphatic rings. The van der Waals surface area contributed by atoms with Crippen LogP contribution in [0.15, 0.2) is 60.8 Å². The van der Waals surface area contributed by atoms with Crippen LogP contribution in [-0.2, 0) is 0 Å². The van der Waals surface area contributed by atoms with E-state index >= 15 is 0 Å². The third-order valence-corrected chi connectivity index (χ3v) is 4.16. The fourth-order valence-electron chi connectivity index (χ4n) is 2.53. The van der Waals surface area contributed by atoms with Gasteiger partial charge in [-0.1, -0.05) is 30.3 Å². The van der Waals surface area contributed by atoms with Gasteiger partial charge in [-0.25, -0.2) is 0 Å². The summed E-state index contributed by atoms with van der Waals surface area (Å²) >= 11 is 0. The minimum absolute atomic E-state index is 0.00905. The summed E-state index contributed by atoms with van der Waals surface area (Å²) in [5.74, 6) is -0.314. The first-order chi connectivity index (χ1) is 12.5. The van der Waals surface area contributed by atoms with Gasteiger partial charge in [0.1, 0.15) is 0 Å². The number of rotatable bonds is 5. The molecular weight excluding hydrogens is 334 g/mol. The number of hydrogen-bond donors (Lipinski definition) is 0. The number of hydrogen-bond acceptors (Lipinski definition) is 5. The van der Waals surface area contributed by atoms with Crippen LogP contribution in [0.25, 0.3) is 5.69 Å². The molecule has 0 N–H and O–H groups in total. The van der Waals surface area contributed by atoms with Crippen LogP contribution in [0, 0.1) is 10.1 Å². The Balaban J connectivity index is 1.80. The molecule has 0 aliphatic heterocycles. The van der Waals surface area contributed by atoms with Gasteiger partial charge in [-0.15, -0.1) is 5.10 Å². The number of nitro groups is 1. The van der Waals surface area contributed by atoms with Crippen molar-refractivity contribution in [3.8, 4) is 5.69 Å². The zero-order valence-electron chi connectivity index (χ0n) is 14.3. The molecule has 1 unspecified atom stereocenters. The van der Waals surface area contributed by atoms with E-state index in [0.717, 1.165) is 5.69 Å². The lowest BCUT2D eigenvalue weighted by atomic mass is 10.1. The van der Waals surface area contributed by atoms with Crippen LogP contribution >= 0.6 is 0 Å². The van der Waals surface area contributed by atoms with Crippen LogP contribution in [0.1, 0.15) is 29.0 Å². The number of non-ortho nitro benzene ring substituents is 1. The second-order valence-electron chi connectivity index (χ2n) is 5.80. The Morgan fingerprint density at radius 3 is 2.62 bits per heavy atom. The minimum Gasteiger partial charge on any atom is -0.333 e. The monoisotopic (exact) mass is 351 g/mol. The van der Waals surface area contributed by atoms with Crippen LogP contribution < -0.4 is 0 Å². The Hall–Kier alpha value is -3.55. The molecule has 1 aromatic heterocycles. The summed E-state index contributed by atoms with van der Waals surface area (Å²) in [4.78, 5) is 26.1. The first-order valence-corrected chi connectivity index (χ1v) is 7.96. The van der Waals surface area contributed by atoms with E-state index in [2.05, 4.69) is 10.2 Å². The van der Waals surface area contributed by atoms with Crippen molar-refractivity contribution in [2.45, 2.75) is 13.0 Å². The molecule has 0 radical (unpaired) electrons. The van der Waals surface area contributed by atoms with Crippen molar-refractivity contribution in [2.75, 3.05) is 7.05 Å². The van der Waals surface area contributed by atoms with Crippen LogP contribution in [0.2, 0.25) is 0 Å². The summed E-state index contributed by atoms with van der Waals surface area (Å²) in [5.41, 5.74) is 1.62. The topological polar surface area (TPSA) is 94.2 Å². The first-order valence-electron chi connectivity index (χ1n) is 7.96. The number of nitrogens with zero attached hydrogens (tertiary/aromatic N) is 5. The van der Waals surface area contributed by atoms with Crippen molar-refractivity contribution in [1.29, 1.82) is 0 Å². The first kappa shape index (κ1) is 17.3. The van der Waals surface area contributed by atoms with Gasteiger partial charge in [0.05, 0.1) is 22.8 Å². The molecule has 0 aliphatic carbocycles. The van der Waals surface area contributed by atoms with Gasteiger partial charge < -0.3 is 4.90 Å². The molecule has 8 nitrogen and oxygen atoms in total. The number of para-hydroxylation sites is 1. The largest absolute Gasteiger partial charge is 0.333 e. The molecule has 0 bridgehead atoms. The SMILES string of the molecule is CC(c1cccc([N+](=O)[O-])c1)N(C)C(=O)c1cnn(-c2ccccc2)n1. The van der Waals surface area contributed by atoms with Gasteiger partial charge in [0, 0.05) is 19.2 Å². The second kappa shape index (κ2) is 7.14. The highest BCUT2D eigenvalue weighted by molar-refractivity contribution is 5.92. The van der Waals surface area contributed by atoms with Crippen molar-refractivity contribution >= 4 is 11.6 Å². The zero-order chi connectivity index (χ0) is 18.7. The highest BCUT2D eigenvalue weighted by atomic mass is 16.6. The van der Waals surface area contributed by atoms with Gasteiger partial charge in [-0.05, 0) is 24.6 Å². The Morgan fingerprint density at radius 2 is 1.92 bits per heavy atom. The van der Waals surface area contributed by atoms with Gasteiger partial charge >= 0.3 is 0 Å². The van der Waals surface area contributed by atoms with Gasteiger partial charge in [-0.2, -0.15) is 9.90 Å².